The van der Waals surface area contributed by atoms with E-state index in [1.54, 1.807) is 24.3 Å². The predicted molar refractivity (Wildman–Crippen MR) is 97.0 cm³/mol. The van der Waals surface area contributed by atoms with E-state index in [1.165, 1.54) is 12.8 Å². The largest absolute Gasteiger partial charge is 0.353 e. The van der Waals surface area contributed by atoms with Gasteiger partial charge < -0.3 is 5.32 Å². The number of hydrogen-bond donors (Lipinski definition) is 2. The predicted octanol–water partition coefficient (Wildman–Crippen LogP) is 2.20. The minimum atomic E-state index is -3.46. The van der Waals surface area contributed by atoms with E-state index in [-0.39, 0.29) is 10.8 Å². The Bertz CT molecular complexity index is 770. The number of benzene rings is 1. The molecule has 0 saturated heterocycles. The molecule has 1 aromatic carbocycles. The van der Waals surface area contributed by atoms with Crippen LogP contribution in [0.4, 0.5) is 0 Å². The minimum Gasteiger partial charge on any atom is -0.353 e. The second-order valence-corrected chi connectivity index (χ2v) is 8.49. The highest BCUT2D eigenvalue weighted by molar-refractivity contribution is 7.90. The van der Waals surface area contributed by atoms with E-state index >= 15 is 0 Å². The number of fused-ring (bicyclic) bond motifs is 1. The first-order valence-corrected chi connectivity index (χ1v) is 10.4. The summed E-state index contributed by atoms with van der Waals surface area (Å²) in [5.41, 5.74) is 0.635. The zero-order chi connectivity index (χ0) is 17.9. The van der Waals surface area contributed by atoms with E-state index < -0.39 is 10.0 Å². The number of nitrogens with zero attached hydrogens (tertiary/aromatic N) is 1. The quantitative estimate of drug-likeness (QED) is 0.694. The van der Waals surface area contributed by atoms with Crippen LogP contribution in [0.5, 0.6) is 0 Å². The summed E-state index contributed by atoms with van der Waals surface area (Å²) in [4.78, 5) is 16.5. The van der Waals surface area contributed by atoms with Crippen LogP contribution in [-0.2, 0) is 14.8 Å². The molecule has 1 amide bonds. The van der Waals surface area contributed by atoms with Crippen LogP contribution in [0, 0.1) is 5.92 Å². The van der Waals surface area contributed by atoms with Gasteiger partial charge in [0.2, 0.25) is 5.91 Å². The molecule has 0 radical (unpaired) electrons. The molecule has 1 saturated carbocycles. The van der Waals surface area contributed by atoms with Crippen molar-refractivity contribution >= 4 is 21.8 Å². The molecule has 7 heteroatoms. The molecule has 1 unspecified atom stereocenters. The number of amidine groups is 1. The number of hydrogen-bond acceptors (Lipinski definition) is 4. The molecule has 0 spiro atoms. The third-order valence-corrected chi connectivity index (χ3v) is 6.11. The summed E-state index contributed by atoms with van der Waals surface area (Å²) in [6.07, 6.45) is 5.57. The minimum absolute atomic E-state index is 0.128. The molecule has 1 fully saturated rings. The third kappa shape index (κ3) is 4.60. The SMILES string of the molecule is CC(NC(=O)CCCCCN=C1NS(=O)(=O)c2ccccc21)C1CC1. The van der Waals surface area contributed by atoms with E-state index in [1.807, 2.05) is 0 Å². The normalized spacial score (nSPS) is 20.8. The van der Waals surface area contributed by atoms with Gasteiger partial charge in [0.15, 0.2) is 0 Å². The molecular weight excluding hydrogens is 338 g/mol. The maximum absolute atomic E-state index is 12.0. The number of sulfonamides is 1. The molecule has 1 aromatic rings. The van der Waals surface area contributed by atoms with Crippen molar-refractivity contribution in [2.24, 2.45) is 10.9 Å². The molecule has 1 aliphatic carbocycles. The van der Waals surface area contributed by atoms with Crippen LogP contribution in [0.1, 0.15) is 51.0 Å². The van der Waals surface area contributed by atoms with Gasteiger partial charge in [-0.15, -0.1) is 0 Å². The van der Waals surface area contributed by atoms with Gasteiger partial charge in [0.25, 0.3) is 10.0 Å². The topological polar surface area (TPSA) is 87.6 Å². The van der Waals surface area contributed by atoms with Gasteiger partial charge in [-0.2, -0.15) is 0 Å². The molecular formula is C18H25N3O3S. The van der Waals surface area contributed by atoms with E-state index in [4.69, 9.17) is 0 Å². The summed E-state index contributed by atoms with van der Waals surface area (Å²) in [5, 5.41) is 3.05. The molecule has 136 valence electrons. The molecule has 1 atom stereocenters. The van der Waals surface area contributed by atoms with E-state index in [2.05, 4.69) is 22.0 Å². The maximum Gasteiger partial charge on any atom is 0.263 e. The van der Waals surface area contributed by atoms with Crippen LogP contribution < -0.4 is 10.0 Å². The van der Waals surface area contributed by atoms with Gasteiger partial charge in [-0.25, -0.2) is 8.42 Å². The van der Waals surface area contributed by atoms with Crippen molar-refractivity contribution in [2.45, 2.75) is 56.4 Å². The second-order valence-electron chi connectivity index (χ2n) is 6.84. The number of nitrogens with one attached hydrogen (secondary N) is 2. The van der Waals surface area contributed by atoms with Gasteiger partial charge >= 0.3 is 0 Å². The van der Waals surface area contributed by atoms with Gasteiger partial charge in [0.05, 0.1) is 4.90 Å². The Hall–Kier alpha value is -1.89. The van der Waals surface area contributed by atoms with Gasteiger partial charge in [-0.3, -0.25) is 14.5 Å². The molecule has 2 aliphatic rings. The third-order valence-electron chi connectivity index (χ3n) is 4.71. The van der Waals surface area contributed by atoms with Crippen molar-refractivity contribution < 1.29 is 13.2 Å². The summed E-state index contributed by atoms with van der Waals surface area (Å²) in [6.45, 7) is 2.62. The lowest BCUT2D eigenvalue weighted by molar-refractivity contribution is -0.121. The van der Waals surface area contributed by atoms with E-state index in [9.17, 15) is 13.2 Å². The number of aliphatic imine (C=N–C) groups is 1. The molecule has 0 bridgehead atoms. The van der Waals surface area contributed by atoms with Crippen molar-refractivity contribution in [1.82, 2.24) is 10.0 Å². The number of carbonyl (C=O) groups is 1. The Kier molecular flexibility index (Phi) is 5.42. The first-order chi connectivity index (χ1) is 12.0. The van der Waals surface area contributed by atoms with Crippen molar-refractivity contribution in [3.63, 3.8) is 0 Å². The van der Waals surface area contributed by atoms with Crippen LogP contribution in [-0.4, -0.2) is 32.7 Å². The zero-order valence-electron chi connectivity index (χ0n) is 14.5. The van der Waals surface area contributed by atoms with Crippen LogP contribution >= 0.6 is 0 Å². The van der Waals surface area contributed by atoms with Crippen LogP contribution in [0.25, 0.3) is 0 Å². The summed E-state index contributed by atoms with van der Waals surface area (Å²) in [5.74, 6) is 1.23. The molecule has 6 nitrogen and oxygen atoms in total. The van der Waals surface area contributed by atoms with E-state index in [0.717, 1.165) is 19.3 Å². The summed E-state index contributed by atoms with van der Waals surface area (Å²) < 4.78 is 26.5. The lowest BCUT2D eigenvalue weighted by atomic mass is 10.1. The standard InChI is InChI=1S/C18H25N3O3S/c1-13(14-10-11-14)20-17(22)9-3-2-6-12-19-18-15-7-4-5-8-16(15)25(23,24)21-18/h4-5,7-8,13-14H,2-3,6,9-12H2,1H3,(H,19,21)(H,20,22). The molecule has 3 rings (SSSR count). The fraction of sp³-hybridized carbons (Fsp3) is 0.556. The summed E-state index contributed by atoms with van der Waals surface area (Å²) in [6, 6.07) is 7.15. The Morgan fingerprint density at radius 2 is 2.04 bits per heavy atom. The Labute approximate surface area is 149 Å². The van der Waals surface area contributed by atoms with E-state index in [0.29, 0.717) is 36.3 Å². The van der Waals surface area contributed by atoms with Crippen molar-refractivity contribution in [3.05, 3.63) is 29.8 Å². The van der Waals surface area contributed by atoms with Gasteiger partial charge in [0, 0.05) is 24.6 Å². The smallest absolute Gasteiger partial charge is 0.263 e. The van der Waals surface area contributed by atoms with Gasteiger partial charge in [-0.1, -0.05) is 18.6 Å². The number of carbonyl (C=O) groups excluding carboxylic acids is 1. The van der Waals surface area contributed by atoms with Crippen molar-refractivity contribution in [1.29, 1.82) is 0 Å². The van der Waals surface area contributed by atoms with Gasteiger partial charge in [-0.05, 0) is 50.7 Å². The summed E-state index contributed by atoms with van der Waals surface area (Å²) >= 11 is 0. The first-order valence-electron chi connectivity index (χ1n) is 8.93. The molecule has 0 aromatic heterocycles. The molecule has 1 aliphatic heterocycles. The average Bonchev–Trinajstić information content (AvgIpc) is 3.38. The number of unbranched alkanes of at least 4 members (excludes halogenated alkanes) is 2. The molecule has 1 heterocycles. The fourth-order valence-electron chi connectivity index (χ4n) is 3.06. The van der Waals surface area contributed by atoms with Crippen molar-refractivity contribution in [2.75, 3.05) is 6.54 Å². The first kappa shape index (κ1) is 17.9. The number of rotatable bonds is 8. The highest BCUT2D eigenvalue weighted by Crippen LogP contribution is 2.32. The molecule has 25 heavy (non-hydrogen) atoms. The Morgan fingerprint density at radius 3 is 2.80 bits per heavy atom. The highest BCUT2D eigenvalue weighted by Gasteiger charge is 2.30. The maximum atomic E-state index is 12.0. The lowest BCUT2D eigenvalue weighted by Gasteiger charge is -2.12. The van der Waals surface area contributed by atoms with Crippen LogP contribution in [0.15, 0.2) is 34.2 Å². The highest BCUT2D eigenvalue weighted by atomic mass is 32.2. The lowest BCUT2D eigenvalue weighted by Crippen LogP contribution is -2.33. The van der Waals surface area contributed by atoms with Gasteiger partial charge in [0.1, 0.15) is 5.84 Å². The van der Waals surface area contributed by atoms with Crippen LogP contribution in [0.3, 0.4) is 0 Å². The monoisotopic (exact) mass is 363 g/mol. The van der Waals surface area contributed by atoms with Crippen molar-refractivity contribution in [3.8, 4) is 0 Å². The summed E-state index contributed by atoms with van der Waals surface area (Å²) in [7, 11) is -3.46. The fourth-order valence-corrected chi connectivity index (χ4v) is 4.31. The Morgan fingerprint density at radius 1 is 1.28 bits per heavy atom. The Balaban J connectivity index is 1.39. The average molecular weight is 363 g/mol. The zero-order valence-corrected chi connectivity index (χ0v) is 15.3. The molecule has 2 N–H and O–H groups in total. The number of amides is 1. The second kappa shape index (κ2) is 7.56. The van der Waals surface area contributed by atoms with Crippen LogP contribution in [0.2, 0.25) is 0 Å².